The lowest BCUT2D eigenvalue weighted by Gasteiger charge is -2.03. The number of nitriles is 1. The Labute approximate surface area is 119 Å². The van der Waals surface area contributed by atoms with E-state index in [0.717, 1.165) is 4.88 Å². The number of carbonyl (C=O) groups excluding carboxylic acids is 1. The Bertz CT molecular complexity index is 639. The predicted molar refractivity (Wildman–Crippen MR) is 78.0 cm³/mol. The Hall–Kier alpha value is -2.09. The largest absolute Gasteiger partial charge is 0.321 e. The summed E-state index contributed by atoms with van der Waals surface area (Å²) in [5.74, 6) is -0.432. The molecule has 5 heteroatoms. The third kappa shape index (κ3) is 3.68. The van der Waals surface area contributed by atoms with Crippen LogP contribution in [0, 0.1) is 11.3 Å². The number of nitrogens with one attached hydrogen (secondary N) is 1. The SMILES string of the molecule is N#CC(=Cc1cccs1)C(=O)Nc1ccc(Cl)cc1. The van der Waals surface area contributed by atoms with Gasteiger partial charge in [0, 0.05) is 15.6 Å². The first-order chi connectivity index (χ1) is 9.19. The van der Waals surface area contributed by atoms with Crippen molar-refractivity contribution in [2.75, 3.05) is 5.32 Å². The van der Waals surface area contributed by atoms with E-state index in [1.54, 1.807) is 30.3 Å². The van der Waals surface area contributed by atoms with Crippen molar-refractivity contribution >= 4 is 40.6 Å². The predicted octanol–water partition coefficient (Wildman–Crippen LogP) is 3.95. The summed E-state index contributed by atoms with van der Waals surface area (Å²) >= 11 is 7.23. The van der Waals surface area contributed by atoms with Crippen LogP contribution in [0.5, 0.6) is 0 Å². The molecular weight excluding hydrogens is 280 g/mol. The Morgan fingerprint density at radius 2 is 2.05 bits per heavy atom. The highest BCUT2D eigenvalue weighted by atomic mass is 35.5. The first-order valence-corrected chi connectivity index (χ1v) is 6.67. The molecule has 3 nitrogen and oxygen atoms in total. The third-order valence-corrected chi connectivity index (χ3v) is 3.37. The highest BCUT2D eigenvalue weighted by Gasteiger charge is 2.09. The average Bonchev–Trinajstić information content (AvgIpc) is 2.91. The highest BCUT2D eigenvalue weighted by molar-refractivity contribution is 7.10. The zero-order chi connectivity index (χ0) is 13.7. The summed E-state index contributed by atoms with van der Waals surface area (Å²) in [5.41, 5.74) is 0.666. The number of hydrogen-bond acceptors (Lipinski definition) is 3. The van der Waals surface area contributed by atoms with Crippen LogP contribution in [0.2, 0.25) is 5.02 Å². The number of anilines is 1. The van der Waals surface area contributed by atoms with Gasteiger partial charge in [-0.1, -0.05) is 17.7 Å². The summed E-state index contributed by atoms with van der Waals surface area (Å²) in [4.78, 5) is 12.8. The van der Waals surface area contributed by atoms with Crippen molar-refractivity contribution in [3.8, 4) is 6.07 Å². The molecule has 0 bridgehead atoms. The van der Waals surface area contributed by atoms with E-state index in [2.05, 4.69) is 5.32 Å². The molecule has 0 fully saturated rings. The molecule has 94 valence electrons. The average molecular weight is 289 g/mol. The van der Waals surface area contributed by atoms with Gasteiger partial charge in [-0.3, -0.25) is 4.79 Å². The van der Waals surface area contributed by atoms with Gasteiger partial charge in [0.25, 0.3) is 5.91 Å². The fraction of sp³-hybridized carbons (Fsp3) is 0. The molecule has 0 radical (unpaired) electrons. The lowest BCUT2D eigenvalue weighted by molar-refractivity contribution is -0.112. The normalized spacial score (nSPS) is 10.8. The van der Waals surface area contributed by atoms with E-state index in [0.29, 0.717) is 10.7 Å². The second-order valence-corrected chi connectivity index (χ2v) is 5.06. The van der Waals surface area contributed by atoms with Crippen LogP contribution in [-0.4, -0.2) is 5.91 Å². The molecule has 1 amide bonds. The maximum absolute atomic E-state index is 11.9. The Morgan fingerprint density at radius 1 is 1.32 bits per heavy atom. The van der Waals surface area contributed by atoms with Gasteiger partial charge in [0.15, 0.2) is 0 Å². The van der Waals surface area contributed by atoms with Crippen molar-refractivity contribution in [2.24, 2.45) is 0 Å². The number of halogens is 1. The zero-order valence-electron chi connectivity index (χ0n) is 9.76. The molecule has 0 saturated carbocycles. The molecule has 0 spiro atoms. The molecule has 0 atom stereocenters. The van der Waals surface area contributed by atoms with Gasteiger partial charge in [0.2, 0.25) is 0 Å². The highest BCUT2D eigenvalue weighted by Crippen LogP contribution is 2.16. The molecule has 1 aromatic carbocycles. The zero-order valence-corrected chi connectivity index (χ0v) is 11.3. The standard InChI is InChI=1S/C14H9ClN2OS/c15-11-3-5-12(6-4-11)17-14(18)10(9-16)8-13-2-1-7-19-13/h1-8H,(H,17,18). The second kappa shape index (κ2) is 6.19. The number of hydrogen-bond donors (Lipinski definition) is 1. The summed E-state index contributed by atoms with van der Waals surface area (Å²) in [7, 11) is 0. The maximum Gasteiger partial charge on any atom is 0.266 e. The van der Waals surface area contributed by atoms with Crippen LogP contribution in [0.15, 0.2) is 47.4 Å². The van der Waals surface area contributed by atoms with Gasteiger partial charge < -0.3 is 5.32 Å². The van der Waals surface area contributed by atoms with Crippen molar-refractivity contribution in [3.05, 3.63) is 57.3 Å². The Balaban J connectivity index is 2.14. The molecule has 0 saturated heterocycles. The van der Waals surface area contributed by atoms with Crippen molar-refractivity contribution in [3.63, 3.8) is 0 Å². The van der Waals surface area contributed by atoms with Crippen molar-refractivity contribution in [2.45, 2.75) is 0 Å². The first kappa shape index (κ1) is 13.3. The Morgan fingerprint density at radius 3 is 2.63 bits per heavy atom. The molecule has 1 heterocycles. The van der Waals surface area contributed by atoms with Crippen molar-refractivity contribution in [1.82, 2.24) is 0 Å². The maximum atomic E-state index is 11.9. The van der Waals surface area contributed by atoms with Gasteiger partial charge in [-0.2, -0.15) is 5.26 Å². The van der Waals surface area contributed by atoms with Gasteiger partial charge in [-0.15, -0.1) is 11.3 Å². The molecule has 1 aromatic heterocycles. The molecule has 2 rings (SSSR count). The number of thiophene rings is 1. The quantitative estimate of drug-likeness (QED) is 0.687. The van der Waals surface area contributed by atoms with Gasteiger partial charge in [-0.25, -0.2) is 0 Å². The fourth-order valence-corrected chi connectivity index (χ4v) is 2.18. The first-order valence-electron chi connectivity index (χ1n) is 5.41. The molecule has 0 aliphatic heterocycles. The van der Waals surface area contributed by atoms with Crippen LogP contribution in [-0.2, 0) is 4.79 Å². The minimum Gasteiger partial charge on any atom is -0.321 e. The topological polar surface area (TPSA) is 52.9 Å². The van der Waals surface area contributed by atoms with E-state index in [4.69, 9.17) is 16.9 Å². The third-order valence-electron chi connectivity index (χ3n) is 2.30. The summed E-state index contributed by atoms with van der Waals surface area (Å²) in [5, 5.41) is 14.1. The Kier molecular flexibility index (Phi) is 4.35. The van der Waals surface area contributed by atoms with E-state index >= 15 is 0 Å². The summed E-state index contributed by atoms with van der Waals surface area (Å²) in [6, 6.07) is 12.3. The van der Waals surface area contributed by atoms with E-state index in [-0.39, 0.29) is 5.57 Å². The van der Waals surface area contributed by atoms with Crippen LogP contribution < -0.4 is 5.32 Å². The minimum absolute atomic E-state index is 0.0670. The van der Waals surface area contributed by atoms with Gasteiger partial charge in [0.05, 0.1) is 0 Å². The molecule has 0 aliphatic rings. The van der Waals surface area contributed by atoms with Gasteiger partial charge in [-0.05, 0) is 41.8 Å². The smallest absolute Gasteiger partial charge is 0.266 e. The van der Waals surface area contributed by atoms with E-state index in [1.807, 2.05) is 23.6 Å². The van der Waals surface area contributed by atoms with Crippen molar-refractivity contribution < 1.29 is 4.79 Å². The fourth-order valence-electron chi connectivity index (χ4n) is 1.40. The number of amides is 1. The van der Waals surface area contributed by atoms with Crippen LogP contribution in [0.3, 0.4) is 0 Å². The summed E-state index contributed by atoms with van der Waals surface area (Å²) in [6.07, 6.45) is 1.57. The molecule has 2 aromatic rings. The summed E-state index contributed by atoms with van der Waals surface area (Å²) in [6.45, 7) is 0. The van der Waals surface area contributed by atoms with E-state index < -0.39 is 5.91 Å². The number of rotatable bonds is 3. The molecular formula is C14H9ClN2OS. The lowest BCUT2D eigenvalue weighted by atomic mass is 10.2. The lowest BCUT2D eigenvalue weighted by Crippen LogP contribution is -2.13. The molecule has 0 unspecified atom stereocenters. The van der Waals surface area contributed by atoms with Crippen LogP contribution in [0.25, 0.3) is 6.08 Å². The van der Waals surface area contributed by atoms with Gasteiger partial charge in [0.1, 0.15) is 11.6 Å². The number of nitrogens with zero attached hydrogens (tertiary/aromatic N) is 1. The number of benzene rings is 1. The second-order valence-electron chi connectivity index (χ2n) is 3.65. The van der Waals surface area contributed by atoms with E-state index in [9.17, 15) is 4.79 Å². The minimum atomic E-state index is -0.432. The van der Waals surface area contributed by atoms with Crippen LogP contribution >= 0.6 is 22.9 Å². The summed E-state index contributed by atoms with van der Waals surface area (Å²) < 4.78 is 0. The van der Waals surface area contributed by atoms with Gasteiger partial charge >= 0.3 is 0 Å². The molecule has 1 N–H and O–H groups in total. The van der Waals surface area contributed by atoms with E-state index in [1.165, 1.54) is 11.3 Å². The molecule has 19 heavy (non-hydrogen) atoms. The van der Waals surface area contributed by atoms with Crippen LogP contribution in [0.4, 0.5) is 5.69 Å². The number of carbonyl (C=O) groups is 1. The van der Waals surface area contributed by atoms with Crippen LogP contribution in [0.1, 0.15) is 4.88 Å². The van der Waals surface area contributed by atoms with Crippen molar-refractivity contribution in [1.29, 1.82) is 5.26 Å². The monoisotopic (exact) mass is 288 g/mol. The molecule has 0 aliphatic carbocycles.